The minimum absolute atomic E-state index is 0.0795. The van der Waals surface area contributed by atoms with E-state index >= 15 is 0 Å². The van der Waals surface area contributed by atoms with E-state index in [1.165, 1.54) is 11.0 Å². The van der Waals surface area contributed by atoms with Gasteiger partial charge >= 0.3 is 0 Å². The number of aliphatic hydroxyl groups is 1. The maximum absolute atomic E-state index is 13.2. The van der Waals surface area contributed by atoms with Crippen LogP contribution in [0, 0.1) is 11.8 Å². The number of hydrogen-bond donors (Lipinski definition) is 3. The Morgan fingerprint density at radius 3 is 2.22 bits per heavy atom. The summed E-state index contributed by atoms with van der Waals surface area (Å²) in [4.78, 5) is 29.0. The third-order valence-corrected chi connectivity index (χ3v) is 6.05. The molecule has 3 N–H and O–H groups in total. The zero-order chi connectivity index (χ0) is 23.3. The largest absolute Gasteiger partial charge is 0.382 e. The van der Waals surface area contributed by atoms with Crippen molar-refractivity contribution in [2.75, 3.05) is 24.5 Å². The quantitative estimate of drug-likeness (QED) is 0.456. The number of hydrogen-bond acceptors (Lipinski definition) is 5. The third-order valence-electron chi connectivity index (χ3n) is 6.05. The van der Waals surface area contributed by atoms with Crippen molar-refractivity contribution in [2.45, 2.75) is 39.3 Å². The molecule has 32 heavy (non-hydrogen) atoms. The van der Waals surface area contributed by atoms with Crippen molar-refractivity contribution in [1.82, 2.24) is 10.4 Å². The number of piperazine rings is 1. The molecule has 3 rings (SSSR count). The predicted octanol–water partition coefficient (Wildman–Crippen LogP) is 2.92. The molecule has 1 aliphatic heterocycles. The van der Waals surface area contributed by atoms with Gasteiger partial charge in [0, 0.05) is 31.4 Å². The maximum Gasteiger partial charge on any atom is 0.272 e. The van der Waals surface area contributed by atoms with E-state index < -0.39 is 17.9 Å². The van der Waals surface area contributed by atoms with E-state index in [1.807, 2.05) is 39.0 Å². The molecule has 0 aromatic heterocycles. The minimum atomic E-state index is -1.58. The second-order valence-corrected chi connectivity index (χ2v) is 8.90. The van der Waals surface area contributed by atoms with Gasteiger partial charge in [0.25, 0.3) is 5.91 Å². The standard InChI is InChI=1S/C25H33N3O4/c1-17(2)15-22(23(29)24(30)26-32)25(31)28-14-13-27(16-18(28)3)21-11-9-20(10-12-21)19-7-5-4-6-8-19/h4-12,17-18,22-23,29,32H,13-16H2,1-3H3,(H,26,30)/t18-,22?,23?/m1/s1. The van der Waals surface area contributed by atoms with E-state index in [0.29, 0.717) is 26.1 Å². The van der Waals surface area contributed by atoms with Crippen LogP contribution in [0.1, 0.15) is 27.2 Å². The normalized spacial score (nSPS) is 18.4. The van der Waals surface area contributed by atoms with E-state index in [2.05, 4.69) is 41.3 Å². The second-order valence-electron chi connectivity index (χ2n) is 8.90. The summed E-state index contributed by atoms with van der Waals surface area (Å²) in [7, 11) is 0. The number of hydroxylamine groups is 1. The molecule has 0 saturated carbocycles. The van der Waals surface area contributed by atoms with E-state index in [1.54, 1.807) is 4.90 Å². The van der Waals surface area contributed by atoms with Gasteiger partial charge in [-0.1, -0.05) is 56.3 Å². The lowest BCUT2D eigenvalue weighted by Crippen LogP contribution is -2.57. The Kier molecular flexibility index (Phi) is 7.88. The summed E-state index contributed by atoms with van der Waals surface area (Å²) in [6.07, 6.45) is -1.22. The number of nitrogens with one attached hydrogen (secondary N) is 1. The summed E-state index contributed by atoms with van der Waals surface area (Å²) in [6.45, 7) is 7.68. The van der Waals surface area contributed by atoms with Gasteiger partial charge < -0.3 is 14.9 Å². The van der Waals surface area contributed by atoms with Gasteiger partial charge in [-0.05, 0) is 42.5 Å². The Hall–Kier alpha value is -2.90. The highest BCUT2D eigenvalue weighted by Gasteiger charge is 2.38. The van der Waals surface area contributed by atoms with E-state index in [9.17, 15) is 14.7 Å². The Bertz CT molecular complexity index is 901. The van der Waals surface area contributed by atoms with Gasteiger partial charge in [-0.3, -0.25) is 14.8 Å². The van der Waals surface area contributed by atoms with Crippen LogP contribution in [0.3, 0.4) is 0 Å². The van der Waals surface area contributed by atoms with Crippen molar-refractivity contribution in [3.63, 3.8) is 0 Å². The first-order valence-electron chi connectivity index (χ1n) is 11.1. The van der Waals surface area contributed by atoms with E-state index in [-0.39, 0.29) is 17.9 Å². The van der Waals surface area contributed by atoms with Gasteiger partial charge in [0.2, 0.25) is 5.91 Å². The summed E-state index contributed by atoms with van der Waals surface area (Å²) in [5, 5.41) is 19.2. The third kappa shape index (κ3) is 5.47. The number of carbonyl (C=O) groups is 2. The van der Waals surface area contributed by atoms with Crippen LogP contribution in [-0.4, -0.2) is 58.8 Å². The highest BCUT2D eigenvalue weighted by atomic mass is 16.5. The molecule has 0 aliphatic carbocycles. The zero-order valence-corrected chi connectivity index (χ0v) is 18.9. The van der Waals surface area contributed by atoms with Gasteiger partial charge in [-0.2, -0.15) is 0 Å². The number of rotatable bonds is 7. The second kappa shape index (κ2) is 10.6. The van der Waals surface area contributed by atoms with Gasteiger partial charge in [0.05, 0.1) is 5.92 Å². The van der Waals surface area contributed by atoms with Crippen LogP contribution in [0.25, 0.3) is 11.1 Å². The molecule has 0 spiro atoms. The van der Waals surface area contributed by atoms with Crippen molar-refractivity contribution < 1.29 is 19.9 Å². The number of nitrogens with zero attached hydrogens (tertiary/aromatic N) is 2. The summed E-state index contributed by atoms with van der Waals surface area (Å²) >= 11 is 0. The molecular weight excluding hydrogens is 406 g/mol. The molecule has 7 nitrogen and oxygen atoms in total. The first-order chi connectivity index (χ1) is 15.3. The lowest BCUT2D eigenvalue weighted by atomic mass is 9.89. The number of benzene rings is 2. The van der Waals surface area contributed by atoms with Crippen LogP contribution < -0.4 is 10.4 Å². The van der Waals surface area contributed by atoms with Gasteiger partial charge in [-0.15, -0.1) is 0 Å². The van der Waals surface area contributed by atoms with E-state index in [0.717, 1.165) is 11.3 Å². The Balaban J connectivity index is 1.68. The first-order valence-corrected chi connectivity index (χ1v) is 11.1. The van der Waals surface area contributed by atoms with Crippen molar-refractivity contribution in [1.29, 1.82) is 0 Å². The average Bonchev–Trinajstić information content (AvgIpc) is 2.81. The molecule has 3 atom stereocenters. The van der Waals surface area contributed by atoms with Gasteiger partial charge in [0.1, 0.15) is 6.10 Å². The lowest BCUT2D eigenvalue weighted by molar-refractivity contribution is -0.152. The van der Waals surface area contributed by atoms with Crippen LogP contribution in [0.4, 0.5) is 5.69 Å². The Morgan fingerprint density at radius 2 is 1.66 bits per heavy atom. The predicted molar refractivity (Wildman–Crippen MR) is 124 cm³/mol. The molecule has 7 heteroatoms. The van der Waals surface area contributed by atoms with Crippen molar-refractivity contribution >= 4 is 17.5 Å². The molecule has 0 radical (unpaired) electrons. The molecule has 172 valence electrons. The summed E-state index contributed by atoms with van der Waals surface area (Å²) < 4.78 is 0. The zero-order valence-electron chi connectivity index (χ0n) is 18.9. The van der Waals surface area contributed by atoms with Crippen LogP contribution in [-0.2, 0) is 9.59 Å². The smallest absolute Gasteiger partial charge is 0.272 e. The summed E-state index contributed by atoms with van der Waals surface area (Å²) in [6, 6.07) is 18.5. The van der Waals surface area contributed by atoms with Crippen molar-refractivity contribution in [3.05, 3.63) is 54.6 Å². The maximum atomic E-state index is 13.2. The fourth-order valence-corrected chi connectivity index (χ4v) is 4.35. The molecular formula is C25H33N3O4. The highest BCUT2D eigenvalue weighted by molar-refractivity contribution is 5.89. The van der Waals surface area contributed by atoms with Crippen LogP contribution in [0.2, 0.25) is 0 Å². The Morgan fingerprint density at radius 1 is 1.03 bits per heavy atom. The number of anilines is 1. The summed E-state index contributed by atoms with van der Waals surface area (Å²) in [5.74, 6) is -1.97. The number of aliphatic hydroxyl groups excluding tert-OH is 1. The van der Waals surface area contributed by atoms with Crippen molar-refractivity contribution in [3.8, 4) is 11.1 Å². The molecule has 1 saturated heterocycles. The van der Waals surface area contributed by atoms with E-state index in [4.69, 9.17) is 5.21 Å². The SMILES string of the molecule is CC(C)CC(C(=O)N1CCN(c2ccc(-c3ccccc3)cc2)C[C@H]1C)C(O)C(=O)NO. The average molecular weight is 440 g/mol. The highest BCUT2D eigenvalue weighted by Crippen LogP contribution is 2.27. The van der Waals surface area contributed by atoms with Crippen LogP contribution in [0.15, 0.2) is 54.6 Å². The van der Waals surface area contributed by atoms with Gasteiger partial charge in [0.15, 0.2) is 0 Å². The van der Waals surface area contributed by atoms with Gasteiger partial charge in [-0.25, -0.2) is 5.48 Å². The van der Waals surface area contributed by atoms with Crippen LogP contribution >= 0.6 is 0 Å². The molecule has 0 bridgehead atoms. The lowest BCUT2D eigenvalue weighted by Gasteiger charge is -2.42. The fourth-order valence-electron chi connectivity index (χ4n) is 4.35. The van der Waals surface area contributed by atoms with Crippen LogP contribution in [0.5, 0.6) is 0 Å². The fraction of sp³-hybridized carbons (Fsp3) is 0.440. The molecule has 2 aromatic rings. The number of carbonyl (C=O) groups excluding carboxylic acids is 2. The molecule has 1 fully saturated rings. The minimum Gasteiger partial charge on any atom is -0.382 e. The topological polar surface area (TPSA) is 93.1 Å². The molecule has 2 aromatic carbocycles. The summed E-state index contributed by atoms with van der Waals surface area (Å²) in [5.41, 5.74) is 4.89. The van der Waals surface area contributed by atoms with Crippen molar-refractivity contribution in [2.24, 2.45) is 11.8 Å². The molecule has 1 aliphatic rings. The Labute approximate surface area is 189 Å². The number of amides is 2. The molecule has 2 unspecified atom stereocenters. The monoisotopic (exact) mass is 439 g/mol. The molecule has 1 heterocycles. The molecule has 2 amide bonds. The first kappa shape index (κ1) is 23.8.